The van der Waals surface area contributed by atoms with Gasteiger partial charge < -0.3 is 4.89 Å². The lowest BCUT2D eigenvalue weighted by molar-refractivity contribution is 0.189. The van der Waals surface area contributed by atoms with Crippen LogP contribution in [0.2, 0.25) is 0 Å². The number of rotatable bonds is 3. The molecular formula is C3H10NO3P. The second-order valence-corrected chi connectivity index (χ2v) is 3.34. The highest BCUT2D eigenvalue weighted by Crippen LogP contribution is 2.39. The van der Waals surface area contributed by atoms with Gasteiger partial charge in [0.15, 0.2) is 0 Å². The highest BCUT2D eigenvalue weighted by molar-refractivity contribution is 7.52. The van der Waals surface area contributed by atoms with Crippen LogP contribution in [0.25, 0.3) is 0 Å². The van der Waals surface area contributed by atoms with Crippen LogP contribution in [0.1, 0.15) is 6.92 Å². The topological polar surface area (TPSA) is 58.6 Å². The first kappa shape index (κ1) is 8.11. The zero-order chi connectivity index (χ0) is 6.62. The standard InChI is InChI=1S/C3H10NO3P/c1-3-8(5,6)7-4-2/h4H,3H2,1-2H3,(H,5,6). The van der Waals surface area contributed by atoms with E-state index >= 15 is 0 Å². The van der Waals surface area contributed by atoms with Crippen molar-refractivity contribution in [2.75, 3.05) is 13.2 Å². The number of hydrogen-bond acceptors (Lipinski definition) is 3. The Morgan fingerprint density at radius 2 is 2.38 bits per heavy atom. The van der Waals surface area contributed by atoms with Gasteiger partial charge in [0.2, 0.25) is 0 Å². The van der Waals surface area contributed by atoms with E-state index < -0.39 is 7.60 Å². The summed E-state index contributed by atoms with van der Waals surface area (Å²) in [5.74, 6) is 0. The molecule has 0 radical (unpaired) electrons. The molecule has 0 aliphatic rings. The minimum absolute atomic E-state index is 0.133. The fourth-order valence-electron chi connectivity index (χ4n) is 0.207. The van der Waals surface area contributed by atoms with Crippen LogP contribution in [0.5, 0.6) is 0 Å². The predicted molar refractivity (Wildman–Crippen MR) is 30.5 cm³/mol. The number of hydrogen-bond donors (Lipinski definition) is 2. The summed E-state index contributed by atoms with van der Waals surface area (Å²) in [5, 5.41) is 0. The van der Waals surface area contributed by atoms with E-state index in [2.05, 4.69) is 10.1 Å². The molecule has 0 aliphatic carbocycles. The van der Waals surface area contributed by atoms with Crippen molar-refractivity contribution in [3.8, 4) is 0 Å². The summed E-state index contributed by atoms with van der Waals surface area (Å²) in [6, 6.07) is 0. The normalized spacial score (nSPS) is 17.9. The monoisotopic (exact) mass is 139 g/mol. The van der Waals surface area contributed by atoms with Crippen molar-refractivity contribution in [1.29, 1.82) is 0 Å². The van der Waals surface area contributed by atoms with Gasteiger partial charge in [-0.05, 0) is 0 Å². The second kappa shape index (κ2) is 3.20. The van der Waals surface area contributed by atoms with Gasteiger partial charge in [-0.3, -0.25) is 4.57 Å². The molecule has 8 heavy (non-hydrogen) atoms. The molecule has 0 aromatic rings. The fourth-order valence-corrected chi connectivity index (χ4v) is 0.622. The highest BCUT2D eigenvalue weighted by atomic mass is 31.2. The first-order valence-corrected chi connectivity index (χ1v) is 4.06. The lowest BCUT2D eigenvalue weighted by atomic mass is 11.0. The molecule has 0 saturated carbocycles. The molecule has 2 N–H and O–H groups in total. The molecule has 0 heterocycles. The van der Waals surface area contributed by atoms with Crippen molar-refractivity contribution >= 4 is 7.60 Å². The molecule has 0 aliphatic heterocycles. The predicted octanol–water partition coefficient (Wildman–Crippen LogP) is 0.343. The molecule has 4 nitrogen and oxygen atoms in total. The van der Waals surface area contributed by atoms with E-state index in [4.69, 9.17) is 4.89 Å². The number of nitrogens with one attached hydrogen (secondary N) is 1. The van der Waals surface area contributed by atoms with E-state index in [-0.39, 0.29) is 6.16 Å². The third-order valence-corrected chi connectivity index (χ3v) is 1.90. The summed E-state index contributed by atoms with van der Waals surface area (Å²) in [4.78, 5) is 8.59. The van der Waals surface area contributed by atoms with Crippen molar-refractivity contribution < 1.29 is 14.1 Å². The highest BCUT2D eigenvalue weighted by Gasteiger charge is 2.13. The van der Waals surface area contributed by atoms with Gasteiger partial charge in [0.05, 0.1) is 0 Å². The summed E-state index contributed by atoms with van der Waals surface area (Å²) in [6.45, 7) is 1.58. The number of hydroxylamine groups is 1. The first-order valence-electron chi connectivity index (χ1n) is 2.29. The summed E-state index contributed by atoms with van der Waals surface area (Å²) < 4.78 is 14.7. The molecule has 0 aromatic heterocycles. The van der Waals surface area contributed by atoms with Gasteiger partial charge in [-0.25, -0.2) is 4.62 Å². The van der Waals surface area contributed by atoms with Gasteiger partial charge >= 0.3 is 7.60 Å². The lowest BCUT2D eigenvalue weighted by Gasteiger charge is -2.05. The zero-order valence-electron chi connectivity index (χ0n) is 4.92. The molecule has 50 valence electrons. The maximum atomic E-state index is 10.5. The van der Waals surface area contributed by atoms with E-state index in [1.54, 1.807) is 6.92 Å². The van der Waals surface area contributed by atoms with Gasteiger partial charge in [0.25, 0.3) is 0 Å². The molecule has 1 unspecified atom stereocenters. The van der Waals surface area contributed by atoms with Crippen molar-refractivity contribution in [2.45, 2.75) is 6.92 Å². The van der Waals surface area contributed by atoms with Gasteiger partial charge in [-0.1, -0.05) is 6.92 Å². The maximum Gasteiger partial charge on any atom is 0.344 e. The van der Waals surface area contributed by atoms with E-state index in [9.17, 15) is 4.57 Å². The average molecular weight is 139 g/mol. The van der Waals surface area contributed by atoms with Crippen LogP contribution >= 0.6 is 7.60 Å². The summed E-state index contributed by atoms with van der Waals surface area (Å²) in [6.07, 6.45) is 0.133. The first-order chi connectivity index (χ1) is 3.62. The van der Waals surface area contributed by atoms with Crippen molar-refractivity contribution in [2.24, 2.45) is 0 Å². The molecule has 0 amide bonds. The third kappa shape index (κ3) is 3.16. The Bertz CT molecular complexity index is 105. The Labute approximate surface area is 48.3 Å². The summed E-state index contributed by atoms with van der Waals surface area (Å²) in [5.41, 5.74) is 2.15. The average Bonchev–Trinajstić information content (AvgIpc) is 1.67. The summed E-state index contributed by atoms with van der Waals surface area (Å²) >= 11 is 0. The van der Waals surface area contributed by atoms with Crippen LogP contribution in [0, 0.1) is 0 Å². The SMILES string of the molecule is CCP(=O)(O)ONC. The van der Waals surface area contributed by atoms with E-state index in [1.807, 2.05) is 0 Å². The third-order valence-electron chi connectivity index (χ3n) is 0.634. The molecule has 0 fully saturated rings. The Kier molecular flexibility index (Phi) is 3.24. The molecular weight excluding hydrogens is 129 g/mol. The van der Waals surface area contributed by atoms with Crippen LogP contribution in [0.4, 0.5) is 0 Å². The lowest BCUT2D eigenvalue weighted by Crippen LogP contribution is -2.05. The largest absolute Gasteiger partial charge is 0.344 e. The Morgan fingerprint density at radius 3 is 2.50 bits per heavy atom. The molecule has 0 rings (SSSR count). The van der Waals surface area contributed by atoms with Gasteiger partial charge in [0.1, 0.15) is 0 Å². The van der Waals surface area contributed by atoms with Crippen LogP contribution < -0.4 is 5.48 Å². The Hall–Kier alpha value is 0.110. The molecule has 1 atom stereocenters. The molecule has 0 saturated heterocycles. The van der Waals surface area contributed by atoms with Crippen molar-refractivity contribution in [3.63, 3.8) is 0 Å². The molecule has 5 heteroatoms. The van der Waals surface area contributed by atoms with Gasteiger partial charge in [0, 0.05) is 13.2 Å². The minimum atomic E-state index is -3.28. The van der Waals surface area contributed by atoms with Crippen LogP contribution in [-0.2, 0) is 9.19 Å². The smallest absolute Gasteiger partial charge is 0.323 e. The zero-order valence-corrected chi connectivity index (χ0v) is 5.81. The Morgan fingerprint density at radius 1 is 1.88 bits per heavy atom. The van der Waals surface area contributed by atoms with E-state index in [0.29, 0.717) is 0 Å². The van der Waals surface area contributed by atoms with Crippen molar-refractivity contribution in [1.82, 2.24) is 5.48 Å². The van der Waals surface area contributed by atoms with Crippen molar-refractivity contribution in [3.05, 3.63) is 0 Å². The van der Waals surface area contributed by atoms with Crippen LogP contribution in [0.3, 0.4) is 0 Å². The molecule has 0 aromatic carbocycles. The van der Waals surface area contributed by atoms with Gasteiger partial charge in [-0.15, -0.1) is 0 Å². The second-order valence-electron chi connectivity index (χ2n) is 1.25. The Balaban J connectivity index is 3.55. The van der Waals surface area contributed by atoms with E-state index in [1.165, 1.54) is 7.05 Å². The maximum absolute atomic E-state index is 10.5. The fraction of sp³-hybridized carbons (Fsp3) is 1.00. The van der Waals surface area contributed by atoms with E-state index in [0.717, 1.165) is 0 Å². The summed E-state index contributed by atoms with van der Waals surface area (Å²) in [7, 11) is -1.84. The van der Waals surface area contributed by atoms with Crippen LogP contribution in [-0.4, -0.2) is 18.1 Å². The molecule has 0 spiro atoms. The van der Waals surface area contributed by atoms with Gasteiger partial charge in [-0.2, -0.15) is 5.48 Å². The quantitative estimate of drug-likeness (QED) is 0.437. The van der Waals surface area contributed by atoms with Crippen LogP contribution in [0.15, 0.2) is 0 Å². The molecule has 0 bridgehead atoms. The minimum Gasteiger partial charge on any atom is -0.323 e.